The second-order valence-corrected chi connectivity index (χ2v) is 10.2. The van der Waals surface area contributed by atoms with Crippen LogP contribution in [-0.2, 0) is 11.2 Å². The van der Waals surface area contributed by atoms with Crippen molar-refractivity contribution in [1.82, 2.24) is 9.88 Å². The number of carbonyl (C=O) groups is 2. The molecule has 42 heavy (non-hydrogen) atoms. The summed E-state index contributed by atoms with van der Waals surface area (Å²) in [5.74, 6) is 1.91. The predicted molar refractivity (Wildman–Crippen MR) is 156 cm³/mol. The first-order valence-corrected chi connectivity index (χ1v) is 14.0. The van der Waals surface area contributed by atoms with Crippen LogP contribution >= 0.6 is 0 Å². The second-order valence-electron chi connectivity index (χ2n) is 10.2. The van der Waals surface area contributed by atoms with E-state index in [0.29, 0.717) is 55.4 Å². The number of carboxylic acids is 1. The zero-order valence-corrected chi connectivity index (χ0v) is 23.7. The number of aromatic nitrogens is 1. The van der Waals surface area contributed by atoms with Gasteiger partial charge in [0.25, 0.3) is 0 Å². The molecule has 0 saturated carbocycles. The highest BCUT2D eigenvalue weighted by molar-refractivity contribution is 5.81. The van der Waals surface area contributed by atoms with Crippen LogP contribution in [0.3, 0.4) is 0 Å². The Morgan fingerprint density at radius 2 is 1.60 bits per heavy atom. The molecule has 0 bridgehead atoms. The molecule has 2 heterocycles. The van der Waals surface area contributed by atoms with Crippen molar-refractivity contribution in [1.29, 1.82) is 0 Å². The van der Waals surface area contributed by atoms with Crippen molar-refractivity contribution in [3.63, 3.8) is 0 Å². The Balaban J connectivity index is 1.26. The molecule has 0 radical (unpaired) electrons. The summed E-state index contributed by atoms with van der Waals surface area (Å²) in [6.45, 7) is 2.30. The molecular weight excluding hydrogens is 536 g/mol. The van der Waals surface area contributed by atoms with Crippen molar-refractivity contribution in [2.45, 2.75) is 51.1 Å². The standard InChI is InChI=1S/C33H34N2O7/c1-22-28(34-31(41-22)24-8-4-3-5-9-24)20-21-40-26-14-12-23(13-15-26)29-10-6-7-11-30(32(36)37)35(29)33(38)42-27-18-16-25(39-2)17-19-27/h3-5,8-9,12-19,29-30H,6-7,10-11,20-21H2,1-2H3,(H,36,37)/t29-,30-/m1/s1. The fourth-order valence-electron chi connectivity index (χ4n) is 5.21. The molecule has 2 atom stereocenters. The maximum atomic E-state index is 13.4. The Kier molecular flexibility index (Phi) is 9.06. The Morgan fingerprint density at radius 1 is 0.929 bits per heavy atom. The minimum Gasteiger partial charge on any atom is -0.497 e. The van der Waals surface area contributed by atoms with Gasteiger partial charge in [0.2, 0.25) is 5.89 Å². The highest BCUT2D eigenvalue weighted by Crippen LogP contribution is 2.35. The van der Waals surface area contributed by atoms with E-state index in [1.165, 1.54) is 4.90 Å². The summed E-state index contributed by atoms with van der Waals surface area (Å²) in [5, 5.41) is 10.0. The number of carbonyl (C=O) groups excluding carboxylic acids is 1. The van der Waals surface area contributed by atoms with E-state index in [9.17, 15) is 14.7 Å². The number of benzene rings is 3. The quantitative estimate of drug-likeness (QED) is 0.233. The Labute approximate surface area is 244 Å². The number of oxazole rings is 1. The van der Waals surface area contributed by atoms with Crippen molar-refractivity contribution in [2.24, 2.45) is 0 Å². The van der Waals surface area contributed by atoms with Gasteiger partial charge >= 0.3 is 12.1 Å². The minimum absolute atomic E-state index is 0.315. The molecule has 3 aromatic carbocycles. The maximum Gasteiger partial charge on any atom is 0.416 e. The fraction of sp³-hybridized carbons (Fsp3) is 0.303. The number of hydrogen-bond donors (Lipinski definition) is 1. The fourth-order valence-corrected chi connectivity index (χ4v) is 5.21. The van der Waals surface area contributed by atoms with Gasteiger partial charge in [-0.3, -0.25) is 4.90 Å². The maximum absolute atomic E-state index is 13.4. The molecule has 1 aromatic heterocycles. The lowest BCUT2D eigenvalue weighted by Crippen LogP contribution is -2.47. The third-order valence-corrected chi connectivity index (χ3v) is 7.42. The van der Waals surface area contributed by atoms with Gasteiger partial charge in [-0.2, -0.15) is 0 Å². The van der Waals surface area contributed by atoms with Crippen LogP contribution in [0.25, 0.3) is 11.5 Å². The average molecular weight is 571 g/mol. The molecule has 1 aliphatic rings. The minimum atomic E-state index is -1.05. The molecule has 9 nitrogen and oxygen atoms in total. The summed E-state index contributed by atoms with van der Waals surface area (Å²) in [7, 11) is 1.55. The van der Waals surface area contributed by atoms with Gasteiger partial charge in [-0.1, -0.05) is 43.2 Å². The smallest absolute Gasteiger partial charge is 0.416 e. The van der Waals surface area contributed by atoms with Gasteiger partial charge < -0.3 is 23.7 Å². The monoisotopic (exact) mass is 570 g/mol. The lowest BCUT2D eigenvalue weighted by atomic mass is 10.0. The first-order valence-electron chi connectivity index (χ1n) is 14.0. The first kappa shape index (κ1) is 28.7. The molecule has 0 spiro atoms. The van der Waals surface area contributed by atoms with Gasteiger partial charge in [-0.05, 0) is 73.9 Å². The van der Waals surface area contributed by atoms with E-state index in [0.717, 1.165) is 29.0 Å². The van der Waals surface area contributed by atoms with Crippen molar-refractivity contribution >= 4 is 12.1 Å². The van der Waals surface area contributed by atoms with Crippen LogP contribution in [0, 0.1) is 6.92 Å². The number of hydrogen-bond acceptors (Lipinski definition) is 7. The van der Waals surface area contributed by atoms with Crippen molar-refractivity contribution in [2.75, 3.05) is 13.7 Å². The van der Waals surface area contributed by atoms with Gasteiger partial charge in [0.1, 0.15) is 29.1 Å². The molecule has 9 heteroatoms. The van der Waals surface area contributed by atoms with Crippen molar-refractivity contribution < 1.29 is 33.3 Å². The van der Waals surface area contributed by atoms with E-state index >= 15 is 0 Å². The van der Waals surface area contributed by atoms with Crippen LogP contribution in [-0.4, -0.2) is 46.8 Å². The van der Waals surface area contributed by atoms with Crippen LogP contribution in [0.5, 0.6) is 17.2 Å². The molecule has 1 amide bonds. The zero-order valence-electron chi connectivity index (χ0n) is 23.7. The number of aliphatic carboxylic acids is 1. The van der Waals surface area contributed by atoms with Crippen LogP contribution in [0.4, 0.5) is 4.79 Å². The van der Waals surface area contributed by atoms with Crippen LogP contribution in [0.15, 0.2) is 83.3 Å². The Bertz CT molecular complexity index is 1480. The summed E-state index contributed by atoms with van der Waals surface area (Å²) in [4.78, 5) is 31.6. The highest BCUT2D eigenvalue weighted by atomic mass is 16.6. The number of nitrogens with zero attached hydrogens (tertiary/aromatic N) is 2. The number of rotatable bonds is 9. The summed E-state index contributed by atoms with van der Waals surface area (Å²) >= 11 is 0. The molecule has 5 rings (SSSR count). The Morgan fingerprint density at radius 3 is 2.29 bits per heavy atom. The third-order valence-electron chi connectivity index (χ3n) is 7.42. The van der Waals surface area contributed by atoms with E-state index in [1.807, 2.05) is 61.5 Å². The highest BCUT2D eigenvalue weighted by Gasteiger charge is 2.38. The SMILES string of the molecule is COc1ccc(OC(=O)N2[C@@H](C(=O)O)CCCC[C@@H]2c2ccc(OCCc3nc(-c4ccccc4)oc3C)cc2)cc1. The van der Waals surface area contributed by atoms with Crippen molar-refractivity contribution in [3.8, 4) is 28.7 Å². The second kappa shape index (κ2) is 13.2. The van der Waals surface area contributed by atoms with E-state index in [1.54, 1.807) is 31.4 Å². The van der Waals surface area contributed by atoms with Gasteiger partial charge in [0, 0.05) is 12.0 Å². The van der Waals surface area contributed by atoms with Crippen LogP contribution in [0.1, 0.15) is 48.7 Å². The third kappa shape index (κ3) is 6.74. The number of ether oxygens (including phenoxy) is 3. The zero-order chi connectivity index (χ0) is 29.5. The van der Waals surface area contributed by atoms with Crippen LogP contribution in [0.2, 0.25) is 0 Å². The Hall–Kier alpha value is -4.79. The molecule has 4 aromatic rings. The topological polar surface area (TPSA) is 111 Å². The molecule has 1 N–H and O–H groups in total. The van der Waals surface area contributed by atoms with Gasteiger partial charge in [-0.25, -0.2) is 14.6 Å². The van der Waals surface area contributed by atoms with Crippen molar-refractivity contribution in [3.05, 3.63) is 95.9 Å². The number of aryl methyl sites for hydroxylation is 1. The molecule has 0 aliphatic carbocycles. The molecule has 0 unspecified atom stereocenters. The van der Waals surface area contributed by atoms with E-state index in [4.69, 9.17) is 18.6 Å². The number of methoxy groups -OCH3 is 1. The van der Waals surface area contributed by atoms with Gasteiger partial charge in [0.05, 0.1) is 25.5 Å². The first-order chi connectivity index (χ1) is 20.4. The molecule has 1 fully saturated rings. The van der Waals surface area contributed by atoms with E-state index < -0.39 is 24.1 Å². The number of likely N-dealkylation sites (tertiary alicyclic amines) is 1. The largest absolute Gasteiger partial charge is 0.497 e. The van der Waals surface area contributed by atoms with Crippen LogP contribution < -0.4 is 14.2 Å². The lowest BCUT2D eigenvalue weighted by molar-refractivity contribution is -0.143. The average Bonchev–Trinajstić information content (AvgIpc) is 3.23. The number of amides is 1. The predicted octanol–water partition coefficient (Wildman–Crippen LogP) is 6.85. The summed E-state index contributed by atoms with van der Waals surface area (Å²) in [5.41, 5.74) is 2.59. The lowest BCUT2D eigenvalue weighted by Gasteiger charge is -2.33. The molecular formula is C33H34N2O7. The molecule has 1 saturated heterocycles. The summed E-state index contributed by atoms with van der Waals surface area (Å²) < 4.78 is 22.6. The number of carboxylic acid groups (broad SMARTS) is 1. The van der Waals surface area contributed by atoms with Gasteiger partial charge in [0.15, 0.2) is 0 Å². The van der Waals surface area contributed by atoms with Gasteiger partial charge in [-0.15, -0.1) is 0 Å². The summed E-state index contributed by atoms with van der Waals surface area (Å²) in [6.07, 6.45) is 2.36. The molecule has 1 aliphatic heterocycles. The normalized spacial score (nSPS) is 16.9. The van der Waals surface area contributed by atoms with E-state index in [-0.39, 0.29) is 0 Å². The summed E-state index contributed by atoms with van der Waals surface area (Å²) in [6, 6.07) is 22.4. The van der Waals surface area contributed by atoms with E-state index in [2.05, 4.69) is 4.98 Å². The molecule has 218 valence electrons.